The molecule has 0 atom stereocenters. The molecule has 0 radical (unpaired) electrons. The quantitative estimate of drug-likeness (QED) is 0.525. The fourth-order valence-corrected chi connectivity index (χ4v) is 3.05. The number of aromatic nitrogens is 2. The Kier molecular flexibility index (Phi) is 5.04. The second-order valence-corrected chi connectivity index (χ2v) is 6.45. The number of methoxy groups -OCH3 is 1. The lowest BCUT2D eigenvalue weighted by atomic mass is 10.1. The van der Waals surface area contributed by atoms with Crippen LogP contribution in [0.4, 0.5) is 5.69 Å². The summed E-state index contributed by atoms with van der Waals surface area (Å²) >= 11 is 1.38. The molecule has 0 spiro atoms. The van der Waals surface area contributed by atoms with E-state index < -0.39 is 0 Å². The topological polar surface area (TPSA) is 85.3 Å². The molecule has 3 aromatic rings. The van der Waals surface area contributed by atoms with Crippen LogP contribution in [0.2, 0.25) is 0 Å². The van der Waals surface area contributed by atoms with Crippen LogP contribution in [-0.4, -0.2) is 29.5 Å². The SMILES string of the molecule is COc1ccc2[nH+]c(SCC(=O)Nc3ccc(C(C)=O)cc3)[nH]c2c1. The number of benzene rings is 2. The first kappa shape index (κ1) is 17.0. The number of carbonyl (C=O) groups is 2. The summed E-state index contributed by atoms with van der Waals surface area (Å²) in [6.45, 7) is 1.51. The van der Waals surface area contributed by atoms with Crippen LogP contribution < -0.4 is 15.0 Å². The van der Waals surface area contributed by atoms with Gasteiger partial charge in [-0.25, -0.2) is 9.97 Å². The smallest absolute Gasteiger partial charge is 0.315 e. The maximum atomic E-state index is 12.1. The Morgan fingerprint density at radius 2 is 1.96 bits per heavy atom. The zero-order valence-corrected chi connectivity index (χ0v) is 14.7. The average molecular weight is 356 g/mol. The highest BCUT2D eigenvalue weighted by molar-refractivity contribution is 7.99. The number of hydrogen-bond acceptors (Lipinski definition) is 4. The lowest BCUT2D eigenvalue weighted by molar-refractivity contribution is -0.396. The van der Waals surface area contributed by atoms with Crippen molar-refractivity contribution in [1.82, 2.24) is 4.98 Å². The number of aromatic amines is 2. The van der Waals surface area contributed by atoms with Gasteiger partial charge in [0.2, 0.25) is 5.91 Å². The summed E-state index contributed by atoms with van der Waals surface area (Å²) in [6, 6.07) is 12.5. The van der Waals surface area contributed by atoms with E-state index in [0.717, 1.165) is 21.9 Å². The molecule has 6 nitrogen and oxygen atoms in total. The number of ketones is 1. The summed E-state index contributed by atoms with van der Waals surface area (Å²) in [4.78, 5) is 29.8. The Bertz CT molecular complexity index is 919. The Balaban J connectivity index is 1.59. The van der Waals surface area contributed by atoms with Crippen molar-refractivity contribution in [3.63, 3.8) is 0 Å². The summed E-state index contributed by atoms with van der Waals surface area (Å²) in [5.74, 6) is 0.908. The van der Waals surface area contributed by atoms with Gasteiger partial charge in [-0.05, 0) is 55.1 Å². The third-order valence-corrected chi connectivity index (χ3v) is 4.55. The van der Waals surface area contributed by atoms with Crippen LogP contribution in [0, 0.1) is 0 Å². The zero-order valence-electron chi connectivity index (χ0n) is 13.9. The highest BCUT2D eigenvalue weighted by atomic mass is 32.2. The third kappa shape index (κ3) is 4.19. The Hall–Kier alpha value is -2.80. The van der Waals surface area contributed by atoms with Gasteiger partial charge >= 0.3 is 5.16 Å². The van der Waals surface area contributed by atoms with Crippen molar-refractivity contribution in [3.8, 4) is 5.75 Å². The van der Waals surface area contributed by atoms with Gasteiger partial charge in [0.15, 0.2) is 16.8 Å². The van der Waals surface area contributed by atoms with Gasteiger partial charge in [-0.15, -0.1) is 0 Å². The van der Waals surface area contributed by atoms with Gasteiger partial charge in [0.25, 0.3) is 0 Å². The molecule has 3 rings (SSSR count). The number of amides is 1. The molecular formula is C18H18N3O3S+. The summed E-state index contributed by atoms with van der Waals surface area (Å²) in [5.41, 5.74) is 3.15. The van der Waals surface area contributed by atoms with Gasteiger partial charge in [-0.2, -0.15) is 0 Å². The number of imidazole rings is 1. The number of fused-ring (bicyclic) bond motifs is 1. The van der Waals surface area contributed by atoms with Crippen molar-refractivity contribution < 1.29 is 19.3 Å². The first-order valence-corrected chi connectivity index (χ1v) is 8.66. The van der Waals surface area contributed by atoms with E-state index in [9.17, 15) is 9.59 Å². The monoisotopic (exact) mass is 356 g/mol. The Morgan fingerprint density at radius 3 is 2.64 bits per heavy atom. The Morgan fingerprint density at radius 1 is 1.20 bits per heavy atom. The molecule has 7 heteroatoms. The summed E-state index contributed by atoms with van der Waals surface area (Å²) in [7, 11) is 1.62. The molecule has 0 unspecified atom stereocenters. The largest absolute Gasteiger partial charge is 0.497 e. The minimum absolute atomic E-state index is 0.000545. The maximum Gasteiger partial charge on any atom is 0.315 e. The fourth-order valence-electron chi connectivity index (χ4n) is 2.33. The van der Waals surface area contributed by atoms with Gasteiger partial charge < -0.3 is 10.1 Å². The number of thioether (sulfide) groups is 1. The van der Waals surface area contributed by atoms with E-state index in [4.69, 9.17) is 4.74 Å². The fraction of sp³-hybridized carbons (Fsp3) is 0.167. The van der Waals surface area contributed by atoms with Crippen molar-refractivity contribution in [2.75, 3.05) is 18.2 Å². The molecule has 0 aliphatic rings. The van der Waals surface area contributed by atoms with Crippen molar-refractivity contribution in [1.29, 1.82) is 0 Å². The minimum atomic E-state index is -0.120. The van der Waals surface area contributed by atoms with Gasteiger partial charge in [-0.3, -0.25) is 9.59 Å². The number of anilines is 1. The molecule has 0 saturated heterocycles. The lowest BCUT2D eigenvalue weighted by Gasteiger charge is -2.04. The van der Waals surface area contributed by atoms with E-state index in [0.29, 0.717) is 11.3 Å². The van der Waals surface area contributed by atoms with Crippen LogP contribution in [0.25, 0.3) is 11.0 Å². The third-order valence-electron chi connectivity index (χ3n) is 3.65. The predicted molar refractivity (Wildman–Crippen MR) is 97.2 cm³/mol. The van der Waals surface area contributed by atoms with E-state index >= 15 is 0 Å². The Labute approximate surface area is 149 Å². The molecule has 0 aliphatic heterocycles. The summed E-state index contributed by atoms with van der Waals surface area (Å²) in [6.07, 6.45) is 0. The molecule has 25 heavy (non-hydrogen) atoms. The van der Waals surface area contributed by atoms with Gasteiger partial charge in [-0.1, -0.05) is 0 Å². The second-order valence-electron chi connectivity index (χ2n) is 5.46. The lowest BCUT2D eigenvalue weighted by Crippen LogP contribution is -2.15. The van der Waals surface area contributed by atoms with Crippen LogP contribution >= 0.6 is 11.8 Å². The van der Waals surface area contributed by atoms with Crippen molar-refractivity contribution in [3.05, 3.63) is 48.0 Å². The number of carbonyl (C=O) groups excluding carboxylic acids is 2. The van der Waals surface area contributed by atoms with E-state index in [-0.39, 0.29) is 17.4 Å². The van der Waals surface area contributed by atoms with Crippen molar-refractivity contribution in [2.45, 2.75) is 12.1 Å². The summed E-state index contributed by atoms with van der Waals surface area (Å²) < 4.78 is 5.19. The molecule has 0 bridgehead atoms. The number of hydrogen-bond donors (Lipinski definition) is 2. The number of Topliss-reactive ketones (excluding diaryl/α,β-unsaturated/α-hetero) is 1. The minimum Gasteiger partial charge on any atom is -0.497 e. The molecular weight excluding hydrogens is 338 g/mol. The number of ether oxygens (including phenoxy) is 1. The zero-order chi connectivity index (χ0) is 17.8. The molecule has 0 saturated carbocycles. The van der Waals surface area contributed by atoms with E-state index in [1.54, 1.807) is 31.4 Å². The van der Waals surface area contributed by atoms with Crippen molar-refractivity contribution >= 4 is 40.2 Å². The first-order valence-electron chi connectivity index (χ1n) is 7.68. The number of H-pyrrole nitrogens is 2. The number of nitrogens with one attached hydrogen (secondary N) is 3. The molecule has 2 aromatic carbocycles. The van der Waals surface area contributed by atoms with Crippen LogP contribution in [0.3, 0.4) is 0 Å². The second kappa shape index (κ2) is 7.40. The maximum absolute atomic E-state index is 12.1. The van der Waals surface area contributed by atoms with E-state index in [2.05, 4.69) is 15.3 Å². The average Bonchev–Trinajstić information content (AvgIpc) is 3.02. The standard InChI is InChI=1S/C18H17N3O3S/c1-11(22)12-3-5-13(6-4-12)19-17(23)10-25-18-20-15-8-7-14(24-2)9-16(15)21-18/h3-9H,10H2,1-2H3,(H,19,23)(H,20,21)/p+1. The van der Waals surface area contributed by atoms with Gasteiger partial charge in [0.05, 0.1) is 12.9 Å². The molecule has 3 N–H and O–H groups in total. The van der Waals surface area contributed by atoms with Crippen molar-refractivity contribution in [2.24, 2.45) is 0 Å². The van der Waals surface area contributed by atoms with Gasteiger partial charge in [0, 0.05) is 17.3 Å². The van der Waals surface area contributed by atoms with E-state index in [1.807, 2.05) is 18.2 Å². The molecule has 1 heterocycles. The molecule has 0 aliphatic carbocycles. The molecule has 1 aromatic heterocycles. The molecule has 1 amide bonds. The summed E-state index contributed by atoms with van der Waals surface area (Å²) in [5, 5.41) is 3.61. The molecule has 0 fully saturated rings. The highest BCUT2D eigenvalue weighted by Gasteiger charge is 2.13. The normalized spacial score (nSPS) is 10.6. The van der Waals surface area contributed by atoms with Crippen LogP contribution in [0.1, 0.15) is 17.3 Å². The highest BCUT2D eigenvalue weighted by Crippen LogP contribution is 2.20. The molecule has 128 valence electrons. The first-order chi connectivity index (χ1) is 12.0. The van der Waals surface area contributed by atoms with E-state index in [1.165, 1.54) is 18.7 Å². The van der Waals surface area contributed by atoms with Crippen LogP contribution in [0.15, 0.2) is 47.6 Å². The van der Waals surface area contributed by atoms with Gasteiger partial charge in [0.1, 0.15) is 5.75 Å². The van der Waals surface area contributed by atoms with Crippen LogP contribution in [0.5, 0.6) is 5.75 Å². The van der Waals surface area contributed by atoms with Crippen LogP contribution in [-0.2, 0) is 4.79 Å². The number of rotatable bonds is 6. The predicted octanol–water partition coefficient (Wildman–Crippen LogP) is 2.92.